The van der Waals surface area contributed by atoms with Crippen molar-refractivity contribution in [2.45, 2.75) is 0 Å². The van der Waals surface area contributed by atoms with E-state index in [1.165, 1.54) is 17.7 Å². The lowest BCUT2D eigenvalue weighted by molar-refractivity contribution is 0.1000. The van der Waals surface area contributed by atoms with Gasteiger partial charge in [0.2, 0.25) is 5.91 Å². The molecular weight excluding hydrogens is 200 g/mol. The number of primary amides is 1. The highest BCUT2D eigenvalue weighted by atomic mass is 32.1. The van der Waals surface area contributed by atoms with Gasteiger partial charge in [-0.05, 0) is 23.7 Å². The maximum absolute atomic E-state index is 10.9. The summed E-state index contributed by atoms with van der Waals surface area (Å²) < 4.78 is 4.00. The molecule has 2 N–H and O–H groups in total. The highest BCUT2D eigenvalue weighted by Crippen LogP contribution is 2.13. The van der Waals surface area contributed by atoms with Crippen LogP contribution in [0.15, 0.2) is 23.8 Å². The standard InChI is InChI=1S/C8H6N4OS/c9-7(13)5-1-2-10-6(3-5)8-11-4-14-12-8/h1-4H,(H2,9,13). The fourth-order valence-electron chi connectivity index (χ4n) is 0.990. The van der Waals surface area contributed by atoms with Gasteiger partial charge in [0.05, 0.1) is 0 Å². The summed E-state index contributed by atoms with van der Waals surface area (Å²) in [5.74, 6) is 0.0296. The molecule has 0 aliphatic rings. The molecule has 0 saturated heterocycles. The number of carbonyl (C=O) groups is 1. The lowest BCUT2D eigenvalue weighted by Crippen LogP contribution is -2.11. The number of rotatable bonds is 2. The topological polar surface area (TPSA) is 81.8 Å². The van der Waals surface area contributed by atoms with Gasteiger partial charge in [0, 0.05) is 11.8 Å². The van der Waals surface area contributed by atoms with Gasteiger partial charge in [0.25, 0.3) is 0 Å². The molecule has 0 fully saturated rings. The van der Waals surface area contributed by atoms with Gasteiger partial charge in [-0.15, -0.1) is 0 Å². The smallest absolute Gasteiger partial charge is 0.248 e. The SMILES string of the molecule is NC(=O)c1ccnc(-c2ncsn2)c1. The summed E-state index contributed by atoms with van der Waals surface area (Å²) in [7, 11) is 0. The van der Waals surface area contributed by atoms with Gasteiger partial charge in [0.15, 0.2) is 5.82 Å². The monoisotopic (exact) mass is 206 g/mol. The average Bonchev–Trinajstić information content (AvgIpc) is 2.71. The number of aromatic nitrogens is 3. The second-order valence-corrected chi connectivity index (χ2v) is 3.15. The molecule has 0 aliphatic heterocycles. The van der Waals surface area contributed by atoms with Crippen molar-refractivity contribution in [1.29, 1.82) is 0 Å². The molecule has 2 rings (SSSR count). The number of hydrogen-bond acceptors (Lipinski definition) is 5. The molecule has 2 heterocycles. The molecule has 0 aromatic carbocycles. The summed E-state index contributed by atoms with van der Waals surface area (Å²) >= 11 is 1.23. The van der Waals surface area contributed by atoms with Crippen LogP contribution in [0.25, 0.3) is 11.5 Å². The Morgan fingerprint density at radius 1 is 1.43 bits per heavy atom. The van der Waals surface area contributed by atoms with E-state index in [1.54, 1.807) is 17.6 Å². The van der Waals surface area contributed by atoms with Gasteiger partial charge >= 0.3 is 0 Å². The van der Waals surface area contributed by atoms with E-state index in [-0.39, 0.29) is 0 Å². The molecule has 2 aromatic heterocycles. The summed E-state index contributed by atoms with van der Waals surface area (Å²) in [4.78, 5) is 18.9. The van der Waals surface area contributed by atoms with Crippen LogP contribution in [0.4, 0.5) is 0 Å². The van der Waals surface area contributed by atoms with E-state index in [4.69, 9.17) is 5.73 Å². The van der Waals surface area contributed by atoms with Crippen molar-refractivity contribution in [1.82, 2.24) is 14.3 Å². The molecular formula is C8H6N4OS. The first-order valence-electron chi connectivity index (χ1n) is 3.80. The second kappa shape index (κ2) is 3.51. The molecule has 5 nitrogen and oxygen atoms in total. The number of amides is 1. The van der Waals surface area contributed by atoms with E-state index < -0.39 is 5.91 Å². The average molecular weight is 206 g/mol. The van der Waals surface area contributed by atoms with E-state index in [0.29, 0.717) is 17.1 Å². The second-order valence-electron chi connectivity index (χ2n) is 2.55. The Kier molecular flexibility index (Phi) is 2.19. The molecule has 6 heteroatoms. The van der Waals surface area contributed by atoms with Crippen molar-refractivity contribution in [3.63, 3.8) is 0 Å². The first-order valence-corrected chi connectivity index (χ1v) is 4.63. The Balaban J connectivity index is 2.46. The Bertz CT molecular complexity index is 454. The summed E-state index contributed by atoms with van der Waals surface area (Å²) in [6.45, 7) is 0. The molecule has 0 radical (unpaired) electrons. The zero-order valence-electron chi connectivity index (χ0n) is 7.04. The quantitative estimate of drug-likeness (QED) is 0.784. The van der Waals surface area contributed by atoms with Crippen molar-refractivity contribution < 1.29 is 4.79 Å². The number of nitrogens with two attached hydrogens (primary N) is 1. The van der Waals surface area contributed by atoms with Crippen LogP contribution in [0.5, 0.6) is 0 Å². The lowest BCUT2D eigenvalue weighted by atomic mass is 10.2. The lowest BCUT2D eigenvalue weighted by Gasteiger charge is -1.96. The third-order valence-corrected chi connectivity index (χ3v) is 2.11. The van der Waals surface area contributed by atoms with E-state index >= 15 is 0 Å². The summed E-state index contributed by atoms with van der Waals surface area (Å²) in [5, 5.41) is 0. The normalized spacial score (nSPS) is 10.0. The highest BCUT2D eigenvalue weighted by molar-refractivity contribution is 7.03. The van der Waals surface area contributed by atoms with Gasteiger partial charge in [-0.1, -0.05) is 0 Å². The number of pyridine rings is 1. The van der Waals surface area contributed by atoms with Crippen molar-refractivity contribution in [3.05, 3.63) is 29.4 Å². The Labute approximate surface area is 83.8 Å². The maximum Gasteiger partial charge on any atom is 0.248 e. The van der Waals surface area contributed by atoms with Crippen LogP contribution in [0.3, 0.4) is 0 Å². The van der Waals surface area contributed by atoms with E-state index in [0.717, 1.165) is 0 Å². The molecule has 14 heavy (non-hydrogen) atoms. The molecule has 70 valence electrons. The van der Waals surface area contributed by atoms with Gasteiger partial charge in [-0.25, -0.2) is 4.98 Å². The molecule has 0 atom stereocenters. The molecule has 0 bridgehead atoms. The van der Waals surface area contributed by atoms with Crippen LogP contribution < -0.4 is 5.73 Å². The molecule has 0 unspecified atom stereocenters. The third kappa shape index (κ3) is 1.60. The first-order chi connectivity index (χ1) is 6.77. The fraction of sp³-hybridized carbons (Fsp3) is 0. The van der Waals surface area contributed by atoms with Gasteiger partial charge < -0.3 is 5.73 Å². The van der Waals surface area contributed by atoms with Crippen LogP contribution in [0.2, 0.25) is 0 Å². The Morgan fingerprint density at radius 2 is 2.29 bits per heavy atom. The minimum absolute atomic E-state index is 0.407. The first kappa shape index (κ1) is 8.76. The molecule has 0 saturated carbocycles. The molecule has 2 aromatic rings. The molecule has 0 spiro atoms. The van der Waals surface area contributed by atoms with Gasteiger partial charge in [-0.2, -0.15) is 4.37 Å². The minimum Gasteiger partial charge on any atom is -0.366 e. The number of carbonyl (C=O) groups excluding carboxylic acids is 1. The number of hydrogen-bond donors (Lipinski definition) is 1. The van der Waals surface area contributed by atoms with E-state index in [1.807, 2.05) is 0 Å². The highest BCUT2D eigenvalue weighted by Gasteiger charge is 2.06. The van der Waals surface area contributed by atoms with Crippen molar-refractivity contribution >= 4 is 17.4 Å². The van der Waals surface area contributed by atoms with Gasteiger partial charge in [0.1, 0.15) is 11.2 Å². The van der Waals surface area contributed by atoms with E-state index in [9.17, 15) is 4.79 Å². The summed E-state index contributed by atoms with van der Waals surface area (Å²) in [6, 6.07) is 3.13. The van der Waals surface area contributed by atoms with Crippen molar-refractivity contribution in [2.75, 3.05) is 0 Å². The third-order valence-electron chi connectivity index (χ3n) is 1.63. The fourth-order valence-corrected chi connectivity index (χ4v) is 1.42. The van der Waals surface area contributed by atoms with Crippen LogP contribution in [0.1, 0.15) is 10.4 Å². The van der Waals surface area contributed by atoms with E-state index in [2.05, 4.69) is 14.3 Å². The minimum atomic E-state index is -0.483. The Hall–Kier alpha value is -1.82. The predicted molar refractivity (Wildman–Crippen MR) is 51.7 cm³/mol. The van der Waals surface area contributed by atoms with Crippen LogP contribution >= 0.6 is 11.5 Å². The molecule has 1 amide bonds. The Morgan fingerprint density at radius 3 is 2.93 bits per heavy atom. The number of nitrogens with zero attached hydrogens (tertiary/aromatic N) is 3. The summed E-state index contributed by atoms with van der Waals surface area (Å²) in [5.41, 5.74) is 7.70. The van der Waals surface area contributed by atoms with Gasteiger partial charge in [-0.3, -0.25) is 9.78 Å². The van der Waals surface area contributed by atoms with Crippen LogP contribution in [0, 0.1) is 0 Å². The maximum atomic E-state index is 10.9. The predicted octanol–water partition coefficient (Wildman–Crippen LogP) is 0.699. The van der Waals surface area contributed by atoms with Crippen molar-refractivity contribution in [3.8, 4) is 11.5 Å². The zero-order valence-corrected chi connectivity index (χ0v) is 7.86. The van der Waals surface area contributed by atoms with Crippen LogP contribution in [-0.2, 0) is 0 Å². The van der Waals surface area contributed by atoms with Crippen molar-refractivity contribution in [2.24, 2.45) is 5.73 Å². The molecule has 0 aliphatic carbocycles. The van der Waals surface area contributed by atoms with Crippen LogP contribution in [-0.4, -0.2) is 20.2 Å². The summed E-state index contributed by atoms with van der Waals surface area (Å²) in [6.07, 6.45) is 1.51. The zero-order chi connectivity index (χ0) is 9.97. The largest absolute Gasteiger partial charge is 0.366 e.